The minimum atomic E-state index is -0.558. The van der Waals surface area contributed by atoms with Crippen molar-refractivity contribution >= 4 is 46.2 Å². The normalized spacial score (nSPS) is 14.8. The molecule has 3 rings (SSSR count). The van der Waals surface area contributed by atoms with Crippen LogP contribution in [-0.2, 0) is 4.79 Å². The number of nitrogens with one attached hydrogen (secondary N) is 1. The molecule has 0 saturated carbocycles. The monoisotopic (exact) mass is 426 g/mol. The number of nitrogens with zero attached hydrogens (tertiary/aromatic N) is 3. The van der Waals surface area contributed by atoms with Crippen molar-refractivity contribution in [3.05, 3.63) is 62.4 Å². The number of carbonyl (C=O) groups excluding carboxylic acids is 1. The second-order valence-corrected chi connectivity index (χ2v) is 7.20. The Balaban J connectivity index is 1.58. The zero-order valence-electron chi connectivity index (χ0n) is 14.7. The molecule has 0 unspecified atom stereocenters. The number of anilines is 2. The second-order valence-electron chi connectivity index (χ2n) is 6.33. The van der Waals surface area contributed by atoms with E-state index < -0.39 is 10.7 Å². The lowest BCUT2D eigenvalue weighted by Crippen LogP contribution is -2.48. The van der Waals surface area contributed by atoms with Crippen LogP contribution in [0.25, 0.3) is 0 Å². The third-order valence-electron chi connectivity index (χ3n) is 4.42. The number of piperazine rings is 1. The maximum Gasteiger partial charge on any atom is 0.294 e. The molecule has 7 nitrogen and oxygen atoms in total. The first-order valence-corrected chi connectivity index (χ1v) is 9.25. The number of benzene rings is 2. The van der Waals surface area contributed by atoms with Crippen molar-refractivity contribution in [3.8, 4) is 0 Å². The molecule has 1 aliphatic heterocycles. The van der Waals surface area contributed by atoms with Crippen LogP contribution < -0.4 is 10.2 Å². The van der Waals surface area contributed by atoms with Crippen molar-refractivity contribution in [2.24, 2.45) is 0 Å². The Hall–Kier alpha value is -2.42. The van der Waals surface area contributed by atoms with Gasteiger partial charge in [-0.05, 0) is 30.3 Å². The first-order chi connectivity index (χ1) is 13.3. The highest BCUT2D eigenvalue weighted by molar-refractivity contribution is 6.31. The number of hydrogen-bond acceptors (Lipinski definition) is 5. The fraction of sp³-hybridized carbons (Fsp3) is 0.278. The van der Waals surface area contributed by atoms with Gasteiger partial charge in [-0.25, -0.2) is 4.39 Å². The van der Waals surface area contributed by atoms with Gasteiger partial charge in [0.25, 0.3) is 5.69 Å². The van der Waals surface area contributed by atoms with Gasteiger partial charge in [0.1, 0.15) is 11.5 Å². The fourth-order valence-electron chi connectivity index (χ4n) is 3.04. The largest absolute Gasteiger partial charge is 0.363 e. The Morgan fingerprint density at radius 3 is 2.43 bits per heavy atom. The van der Waals surface area contributed by atoms with Crippen LogP contribution in [0.4, 0.5) is 21.5 Å². The molecule has 2 aromatic rings. The minimum Gasteiger partial charge on any atom is -0.363 e. The van der Waals surface area contributed by atoms with E-state index in [9.17, 15) is 19.3 Å². The first-order valence-electron chi connectivity index (χ1n) is 8.49. The summed E-state index contributed by atoms with van der Waals surface area (Å²) in [6.07, 6.45) is 0. The Kier molecular flexibility index (Phi) is 6.33. The van der Waals surface area contributed by atoms with Crippen LogP contribution in [0.2, 0.25) is 10.0 Å². The van der Waals surface area contributed by atoms with Crippen LogP contribution >= 0.6 is 23.2 Å². The van der Waals surface area contributed by atoms with E-state index in [1.54, 1.807) is 12.1 Å². The van der Waals surface area contributed by atoms with Gasteiger partial charge in [-0.2, -0.15) is 0 Å². The van der Waals surface area contributed by atoms with Crippen molar-refractivity contribution in [1.82, 2.24) is 4.90 Å². The minimum absolute atomic E-state index is 0.0351. The predicted molar refractivity (Wildman–Crippen MR) is 107 cm³/mol. The zero-order valence-corrected chi connectivity index (χ0v) is 16.2. The zero-order chi connectivity index (χ0) is 20.3. The van der Waals surface area contributed by atoms with Gasteiger partial charge in [-0.1, -0.05) is 23.2 Å². The lowest BCUT2D eigenvalue weighted by Gasteiger charge is -2.35. The second kappa shape index (κ2) is 8.72. The molecule has 0 atom stereocenters. The van der Waals surface area contributed by atoms with Crippen molar-refractivity contribution in [2.45, 2.75) is 0 Å². The molecule has 0 bridgehead atoms. The highest BCUT2D eigenvalue weighted by atomic mass is 35.5. The summed E-state index contributed by atoms with van der Waals surface area (Å²) in [6.45, 7) is 2.18. The van der Waals surface area contributed by atoms with Crippen LogP contribution in [0.3, 0.4) is 0 Å². The molecular weight excluding hydrogens is 410 g/mol. The number of halogens is 3. The topological polar surface area (TPSA) is 78.7 Å². The van der Waals surface area contributed by atoms with E-state index >= 15 is 0 Å². The van der Waals surface area contributed by atoms with Gasteiger partial charge in [-0.3, -0.25) is 19.8 Å². The van der Waals surface area contributed by atoms with E-state index in [2.05, 4.69) is 5.32 Å². The van der Waals surface area contributed by atoms with E-state index in [4.69, 9.17) is 23.2 Å². The molecule has 10 heteroatoms. The van der Waals surface area contributed by atoms with Crippen LogP contribution in [0.1, 0.15) is 0 Å². The Morgan fingerprint density at radius 2 is 1.75 bits per heavy atom. The summed E-state index contributed by atoms with van der Waals surface area (Å²) < 4.78 is 13.7. The summed E-state index contributed by atoms with van der Waals surface area (Å²) in [6, 6.07) is 8.52. The number of nitro benzene ring substituents is 1. The summed E-state index contributed by atoms with van der Waals surface area (Å²) in [7, 11) is 0. The lowest BCUT2D eigenvalue weighted by molar-refractivity contribution is -0.384. The van der Waals surface area contributed by atoms with Gasteiger partial charge >= 0.3 is 0 Å². The van der Waals surface area contributed by atoms with Gasteiger partial charge in [-0.15, -0.1) is 0 Å². The van der Waals surface area contributed by atoms with Crippen LogP contribution in [0.15, 0.2) is 36.4 Å². The first kappa shape index (κ1) is 20.3. The molecule has 1 heterocycles. The van der Waals surface area contributed by atoms with Crippen molar-refractivity contribution in [1.29, 1.82) is 0 Å². The maximum atomic E-state index is 13.7. The molecule has 0 aliphatic carbocycles. The molecule has 2 aromatic carbocycles. The molecule has 0 radical (unpaired) electrons. The summed E-state index contributed by atoms with van der Waals surface area (Å²) in [5.74, 6) is -0.912. The summed E-state index contributed by atoms with van der Waals surface area (Å²) in [5.41, 5.74) is 0.488. The van der Waals surface area contributed by atoms with Gasteiger partial charge in [0, 0.05) is 42.3 Å². The molecule has 1 fully saturated rings. The third kappa shape index (κ3) is 4.89. The maximum absolute atomic E-state index is 13.7. The number of rotatable bonds is 5. The molecule has 1 saturated heterocycles. The standard InChI is InChI=1S/C18H17Cl2FN4O3/c19-12-1-3-14(21)15(9-12)22-18(26)11-23-5-7-24(8-6-23)16-4-2-13(20)10-17(16)25(27)28/h1-4,9-10H,5-8,11H2,(H,22,26). The van der Waals surface area contributed by atoms with Crippen LogP contribution in [0.5, 0.6) is 0 Å². The number of nitro groups is 1. The van der Waals surface area contributed by atoms with E-state index in [1.807, 2.05) is 9.80 Å². The summed E-state index contributed by atoms with van der Waals surface area (Å²) >= 11 is 11.7. The van der Waals surface area contributed by atoms with Crippen LogP contribution in [-0.4, -0.2) is 48.5 Å². The molecule has 1 amide bonds. The quantitative estimate of drug-likeness (QED) is 0.580. The molecule has 1 aliphatic rings. The van der Waals surface area contributed by atoms with Gasteiger partial charge in [0.2, 0.25) is 5.91 Å². The highest BCUT2D eigenvalue weighted by Gasteiger charge is 2.25. The summed E-state index contributed by atoms with van der Waals surface area (Å²) in [4.78, 5) is 26.8. The SMILES string of the molecule is O=C(CN1CCN(c2ccc(Cl)cc2[N+](=O)[O-])CC1)Nc1cc(Cl)ccc1F. The Bertz CT molecular complexity index is 904. The molecule has 0 aromatic heterocycles. The molecule has 28 heavy (non-hydrogen) atoms. The van der Waals surface area contributed by atoms with Crippen molar-refractivity contribution in [2.75, 3.05) is 42.9 Å². The van der Waals surface area contributed by atoms with Crippen molar-refractivity contribution < 1.29 is 14.1 Å². The van der Waals surface area contributed by atoms with Crippen LogP contribution in [0, 0.1) is 15.9 Å². The van der Waals surface area contributed by atoms with Gasteiger partial charge < -0.3 is 10.2 Å². The predicted octanol–water partition coefficient (Wildman–Crippen LogP) is 3.80. The van der Waals surface area contributed by atoms with Gasteiger partial charge in [0.05, 0.1) is 17.2 Å². The molecule has 148 valence electrons. The number of hydrogen-bond donors (Lipinski definition) is 1. The van der Waals surface area contributed by atoms with E-state index in [0.717, 1.165) is 0 Å². The van der Waals surface area contributed by atoms with E-state index in [1.165, 1.54) is 24.3 Å². The van der Waals surface area contributed by atoms with E-state index in [-0.39, 0.29) is 23.8 Å². The third-order valence-corrected chi connectivity index (χ3v) is 4.89. The van der Waals surface area contributed by atoms with Gasteiger partial charge in [0.15, 0.2) is 0 Å². The van der Waals surface area contributed by atoms with Crippen molar-refractivity contribution in [3.63, 3.8) is 0 Å². The average molecular weight is 427 g/mol. The van der Waals surface area contributed by atoms with E-state index in [0.29, 0.717) is 41.9 Å². The average Bonchev–Trinajstić information content (AvgIpc) is 2.65. The smallest absolute Gasteiger partial charge is 0.294 e. The Labute approximate surface area is 170 Å². The number of amides is 1. The molecule has 0 spiro atoms. The molecule has 1 N–H and O–H groups in total. The highest BCUT2D eigenvalue weighted by Crippen LogP contribution is 2.31. The Morgan fingerprint density at radius 1 is 1.11 bits per heavy atom. The molecular formula is C18H17Cl2FN4O3. The summed E-state index contributed by atoms with van der Waals surface area (Å²) in [5, 5.41) is 14.4. The fourth-order valence-corrected chi connectivity index (χ4v) is 3.38. The lowest BCUT2D eigenvalue weighted by atomic mass is 10.2. The number of carbonyl (C=O) groups is 1.